The van der Waals surface area contributed by atoms with Crippen molar-refractivity contribution in [3.63, 3.8) is 0 Å². The van der Waals surface area contributed by atoms with Gasteiger partial charge in [0.2, 0.25) is 5.91 Å². The molecule has 0 saturated carbocycles. The van der Waals surface area contributed by atoms with Crippen LogP contribution in [-0.2, 0) is 25.7 Å². The number of carbonyl (C=O) groups is 4. The number of nitrogens with zero attached hydrogens (tertiary/aromatic N) is 1. The maximum atomic E-state index is 12.6. The third-order valence-electron chi connectivity index (χ3n) is 3.83. The van der Waals surface area contributed by atoms with E-state index in [1.54, 1.807) is 44.2 Å². The monoisotopic (exact) mass is 397 g/mol. The molecule has 0 radical (unpaired) electrons. The van der Waals surface area contributed by atoms with Gasteiger partial charge in [0.15, 0.2) is 5.78 Å². The minimum absolute atomic E-state index is 0.0677. The number of ether oxygens (including phenoxy) is 1. The van der Waals surface area contributed by atoms with Crippen molar-refractivity contribution in [2.75, 3.05) is 6.67 Å². The highest BCUT2D eigenvalue weighted by Crippen LogP contribution is 2.12. The minimum atomic E-state index is -1.56. The first-order chi connectivity index (χ1) is 13.2. The summed E-state index contributed by atoms with van der Waals surface area (Å²) < 4.78 is 17.7. The second kappa shape index (κ2) is 11.0. The highest BCUT2D eigenvalue weighted by molar-refractivity contribution is 5.94. The van der Waals surface area contributed by atoms with Crippen LogP contribution in [0.5, 0.6) is 0 Å². The summed E-state index contributed by atoms with van der Waals surface area (Å²) in [6.07, 6.45) is -1.77. The summed E-state index contributed by atoms with van der Waals surface area (Å²) in [7, 11) is 0. The molecule has 4 N–H and O–H groups in total. The van der Waals surface area contributed by atoms with Crippen LogP contribution in [-0.4, -0.2) is 52.6 Å². The fourth-order valence-electron chi connectivity index (χ4n) is 2.43. The Morgan fingerprint density at radius 1 is 1.21 bits per heavy atom. The molecule has 0 bridgehead atoms. The molecule has 0 aromatic heterocycles. The van der Waals surface area contributed by atoms with E-state index in [2.05, 4.69) is 5.32 Å². The van der Waals surface area contributed by atoms with Gasteiger partial charge in [0.05, 0.1) is 6.42 Å². The highest BCUT2D eigenvalue weighted by Gasteiger charge is 2.34. The van der Waals surface area contributed by atoms with Gasteiger partial charge >= 0.3 is 12.1 Å². The molecule has 0 heterocycles. The van der Waals surface area contributed by atoms with Gasteiger partial charge in [0.1, 0.15) is 25.4 Å². The number of halogens is 1. The summed E-state index contributed by atoms with van der Waals surface area (Å²) >= 11 is 0. The Morgan fingerprint density at radius 3 is 2.32 bits per heavy atom. The van der Waals surface area contributed by atoms with Crippen LogP contribution < -0.4 is 11.2 Å². The van der Waals surface area contributed by atoms with E-state index in [0.29, 0.717) is 10.6 Å². The second-order valence-corrected chi connectivity index (χ2v) is 6.40. The van der Waals surface area contributed by atoms with E-state index in [-0.39, 0.29) is 6.61 Å². The lowest BCUT2D eigenvalue weighted by atomic mass is 10.0. The zero-order valence-corrected chi connectivity index (χ0v) is 15.6. The van der Waals surface area contributed by atoms with Crippen LogP contribution in [0.25, 0.3) is 0 Å². The Morgan fingerprint density at radius 2 is 1.82 bits per heavy atom. The Labute approximate surface area is 161 Å². The van der Waals surface area contributed by atoms with E-state index in [1.165, 1.54) is 0 Å². The number of carboxylic acids is 1. The van der Waals surface area contributed by atoms with Crippen LogP contribution in [0, 0.1) is 5.92 Å². The van der Waals surface area contributed by atoms with Crippen LogP contribution >= 0.6 is 0 Å². The number of rotatable bonds is 10. The molecule has 2 amide bonds. The lowest BCUT2D eigenvalue weighted by Crippen LogP contribution is -2.58. The number of carboxylic acid groups (broad SMARTS) is 1. The highest BCUT2D eigenvalue weighted by atomic mass is 19.1. The van der Waals surface area contributed by atoms with Crippen LogP contribution in [0.15, 0.2) is 30.3 Å². The quantitative estimate of drug-likeness (QED) is 0.304. The molecule has 10 heteroatoms. The molecule has 9 nitrogen and oxygen atoms in total. The van der Waals surface area contributed by atoms with E-state index in [1.807, 2.05) is 0 Å². The SMILES string of the molecule is CC(C)C(C(=O)NC(CC(=O)O)C(=O)CF)N(N)C(=O)OCc1ccccc1. The van der Waals surface area contributed by atoms with Crippen molar-refractivity contribution in [2.24, 2.45) is 11.8 Å². The Balaban J connectivity index is 2.82. The zero-order valence-electron chi connectivity index (χ0n) is 15.6. The molecule has 0 aliphatic rings. The van der Waals surface area contributed by atoms with Crippen molar-refractivity contribution in [2.45, 2.75) is 39.0 Å². The molecule has 1 rings (SSSR count). The first kappa shape index (κ1) is 23.0. The number of nitrogens with one attached hydrogen (secondary N) is 1. The largest absolute Gasteiger partial charge is 0.481 e. The summed E-state index contributed by atoms with van der Waals surface area (Å²) in [6, 6.07) is 5.97. The van der Waals surface area contributed by atoms with Crippen molar-refractivity contribution in [1.82, 2.24) is 10.3 Å². The van der Waals surface area contributed by atoms with Crippen molar-refractivity contribution < 1.29 is 33.4 Å². The Kier molecular flexibility index (Phi) is 9.03. The van der Waals surface area contributed by atoms with Crippen LogP contribution in [0.1, 0.15) is 25.8 Å². The van der Waals surface area contributed by atoms with Crippen molar-refractivity contribution in [3.05, 3.63) is 35.9 Å². The number of hydrogen-bond acceptors (Lipinski definition) is 6. The third kappa shape index (κ3) is 6.95. The molecule has 154 valence electrons. The van der Waals surface area contributed by atoms with Gasteiger partial charge < -0.3 is 15.2 Å². The fourth-order valence-corrected chi connectivity index (χ4v) is 2.43. The number of hydrogen-bond donors (Lipinski definition) is 3. The van der Waals surface area contributed by atoms with Gasteiger partial charge in [0, 0.05) is 0 Å². The lowest BCUT2D eigenvalue weighted by molar-refractivity contribution is -0.141. The number of alkyl halides is 1. The Bertz CT molecular complexity index is 698. The maximum absolute atomic E-state index is 12.6. The van der Waals surface area contributed by atoms with Crippen molar-refractivity contribution in [3.8, 4) is 0 Å². The van der Waals surface area contributed by atoms with E-state index >= 15 is 0 Å². The molecule has 0 aliphatic carbocycles. The summed E-state index contributed by atoms with van der Waals surface area (Å²) in [5.74, 6) is 1.87. The molecule has 1 aromatic rings. The molecule has 0 aliphatic heterocycles. The predicted molar refractivity (Wildman–Crippen MR) is 96.4 cm³/mol. The van der Waals surface area contributed by atoms with E-state index in [9.17, 15) is 23.6 Å². The molecule has 0 fully saturated rings. The molecular weight excluding hydrogens is 373 g/mol. The van der Waals surface area contributed by atoms with Gasteiger partial charge in [-0.2, -0.15) is 0 Å². The topological polar surface area (TPSA) is 139 Å². The molecular formula is C18H24FN3O6. The molecule has 28 heavy (non-hydrogen) atoms. The maximum Gasteiger partial charge on any atom is 0.425 e. The summed E-state index contributed by atoms with van der Waals surface area (Å²) in [6.45, 7) is 1.69. The number of amides is 2. The number of carbonyl (C=O) groups excluding carboxylic acids is 3. The first-order valence-electron chi connectivity index (χ1n) is 8.52. The smallest absolute Gasteiger partial charge is 0.425 e. The number of ketones is 1. The summed E-state index contributed by atoms with van der Waals surface area (Å²) in [4.78, 5) is 47.1. The number of aliphatic carboxylic acids is 1. The molecule has 0 spiro atoms. The van der Waals surface area contributed by atoms with E-state index in [4.69, 9.17) is 15.7 Å². The molecule has 0 saturated heterocycles. The number of Topliss-reactive ketones (excluding diaryl/α,β-unsaturated/α-hetero) is 1. The lowest BCUT2D eigenvalue weighted by Gasteiger charge is -2.30. The van der Waals surface area contributed by atoms with Crippen molar-refractivity contribution in [1.29, 1.82) is 0 Å². The van der Waals surface area contributed by atoms with Gasteiger partial charge in [-0.1, -0.05) is 44.2 Å². The van der Waals surface area contributed by atoms with Crippen LogP contribution in [0.4, 0.5) is 9.18 Å². The van der Waals surface area contributed by atoms with Crippen LogP contribution in [0.3, 0.4) is 0 Å². The van der Waals surface area contributed by atoms with Crippen LogP contribution in [0.2, 0.25) is 0 Å². The van der Waals surface area contributed by atoms with E-state index < -0.39 is 54.8 Å². The molecule has 2 unspecified atom stereocenters. The average Bonchev–Trinajstić information content (AvgIpc) is 2.65. The fraction of sp³-hybridized carbons (Fsp3) is 0.444. The number of hydrazine groups is 1. The zero-order chi connectivity index (χ0) is 21.3. The average molecular weight is 397 g/mol. The van der Waals surface area contributed by atoms with Crippen molar-refractivity contribution >= 4 is 23.8 Å². The molecule has 2 atom stereocenters. The van der Waals surface area contributed by atoms with Gasteiger partial charge in [-0.15, -0.1) is 0 Å². The van der Waals surface area contributed by atoms with Gasteiger partial charge in [-0.3, -0.25) is 14.4 Å². The predicted octanol–water partition coefficient (Wildman–Crippen LogP) is 1.02. The molecule has 1 aromatic carbocycles. The van der Waals surface area contributed by atoms with Gasteiger partial charge in [-0.05, 0) is 11.5 Å². The normalized spacial score (nSPS) is 12.8. The standard InChI is InChI=1S/C18H24FN3O6/c1-11(2)16(17(26)21-13(8-15(24)25)14(23)9-19)22(20)18(27)28-10-12-6-4-3-5-7-12/h3-7,11,13,16H,8-10,20H2,1-2H3,(H,21,26)(H,24,25). The second-order valence-electron chi connectivity index (χ2n) is 6.40. The summed E-state index contributed by atoms with van der Waals surface area (Å²) in [5, 5.41) is 11.6. The Hall–Kier alpha value is -3.01. The van der Waals surface area contributed by atoms with Gasteiger partial charge in [-0.25, -0.2) is 20.0 Å². The number of benzene rings is 1. The third-order valence-corrected chi connectivity index (χ3v) is 3.83. The summed E-state index contributed by atoms with van der Waals surface area (Å²) in [5.41, 5.74) is 0.713. The van der Waals surface area contributed by atoms with E-state index in [0.717, 1.165) is 0 Å². The van der Waals surface area contributed by atoms with Gasteiger partial charge in [0.25, 0.3) is 0 Å². The first-order valence-corrected chi connectivity index (χ1v) is 8.52. The minimum Gasteiger partial charge on any atom is -0.481 e. The number of nitrogens with two attached hydrogens (primary N) is 1.